The Morgan fingerprint density at radius 1 is 1.09 bits per heavy atom. The molecule has 1 saturated heterocycles. The molecule has 1 aliphatic rings. The number of aryl methyl sites for hydroxylation is 1. The second-order valence-electron chi connectivity index (χ2n) is 8.34. The Balaban J connectivity index is 1.27. The molecule has 1 fully saturated rings. The van der Waals surface area contributed by atoms with Gasteiger partial charge in [-0.25, -0.2) is 9.18 Å². The maximum Gasteiger partial charge on any atom is 0.339 e. The summed E-state index contributed by atoms with van der Waals surface area (Å²) in [5.41, 5.74) is 1.54. The van der Waals surface area contributed by atoms with Crippen molar-refractivity contribution in [3.8, 4) is 5.75 Å². The summed E-state index contributed by atoms with van der Waals surface area (Å²) < 4.78 is 29.7. The molecular weight excluding hydrogens is 455 g/mol. The van der Waals surface area contributed by atoms with E-state index in [1.54, 1.807) is 48.2 Å². The molecule has 0 N–H and O–H groups in total. The third-order valence-corrected chi connectivity index (χ3v) is 6.26. The first-order chi connectivity index (χ1) is 16.9. The minimum absolute atomic E-state index is 0.0540. The standard InChI is InChI=1S/C26H27FN2O6/c1-17-19-8-7-18(33-2)15-23(19)35-26(32)20(17)9-10-25(31)34-16-24(30)29-13-11-28(12-14-29)22-6-4-3-5-21(22)27/h3-8,15H,9-14,16H2,1-2H3. The highest BCUT2D eigenvalue weighted by Crippen LogP contribution is 2.24. The number of piperazine rings is 1. The highest BCUT2D eigenvalue weighted by molar-refractivity contribution is 5.83. The summed E-state index contributed by atoms with van der Waals surface area (Å²) in [5, 5.41) is 0.762. The predicted octanol–water partition coefficient (Wildman–Crippen LogP) is 3.07. The zero-order valence-electron chi connectivity index (χ0n) is 19.7. The van der Waals surface area contributed by atoms with Crippen molar-refractivity contribution in [1.29, 1.82) is 0 Å². The first-order valence-electron chi connectivity index (χ1n) is 11.4. The van der Waals surface area contributed by atoms with Crippen LogP contribution in [0.15, 0.2) is 51.7 Å². The van der Waals surface area contributed by atoms with E-state index in [1.807, 2.05) is 4.90 Å². The maximum absolute atomic E-state index is 14.0. The van der Waals surface area contributed by atoms with Crippen LogP contribution >= 0.6 is 0 Å². The summed E-state index contributed by atoms with van der Waals surface area (Å²) in [4.78, 5) is 40.7. The van der Waals surface area contributed by atoms with E-state index in [-0.39, 0.29) is 31.2 Å². The van der Waals surface area contributed by atoms with Gasteiger partial charge in [0.2, 0.25) is 0 Å². The Morgan fingerprint density at radius 2 is 1.83 bits per heavy atom. The lowest BCUT2D eigenvalue weighted by Crippen LogP contribution is -2.50. The molecule has 0 unspecified atom stereocenters. The van der Waals surface area contributed by atoms with Crippen LogP contribution < -0.4 is 15.3 Å². The molecule has 2 heterocycles. The molecule has 1 amide bonds. The zero-order chi connectivity index (χ0) is 24.9. The van der Waals surface area contributed by atoms with E-state index in [2.05, 4.69) is 0 Å². The Labute approximate surface area is 201 Å². The number of carbonyl (C=O) groups is 2. The Bertz CT molecular complexity index is 1300. The number of para-hydroxylation sites is 1. The van der Waals surface area contributed by atoms with Crippen LogP contribution in [0, 0.1) is 12.7 Å². The number of nitrogens with zero attached hydrogens (tertiary/aromatic N) is 2. The largest absolute Gasteiger partial charge is 0.497 e. The number of hydrogen-bond donors (Lipinski definition) is 0. The van der Waals surface area contributed by atoms with E-state index in [1.165, 1.54) is 13.2 Å². The fourth-order valence-electron chi connectivity index (χ4n) is 4.23. The van der Waals surface area contributed by atoms with Crippen LogP contribution in [0.2, 0.25) is 0 Å². The quantitative estimate of drug-likeness (QED) is 0.378. The van der Waals surface area contributed by atoms with E-state index in [9.17, 15) is 18.8 Å². The summed E-state index contributed by atoms with van der Waals surface area (Å²) in [6.07, 6.45) is 0.0894. The van der Waals surface area contributed by atoms with Gasteiger partial charge in [0, 0.05) is 49.6 Å². The zero-order valence-corrected chi connectivity index (χ0v) is 19.7. The van der Waals surface area contributed by atoms with Gasteiger partial charge in [0.15, 0.2) is 6.61 Å². The molecule has 1 aromatic heterocycles. The number of benzene rings is 2. The second-order valence-corrected chi connectivity index (χ2v) is 8.34. The first-order valence-corrected chi connectivity index (χ1v) is 11.4. The molecule has 0 bridgehead atoms. The molecule has 2 aromatic carbocycles. The van der Waals surface area contributed by atoms with Crippen LogP contribution in [0.4, 0.5) is 10.1 Å². The topological polar surface area (TPSA) is 89.3 Å². The van der Waals surface area contributed by atoms with Crippen molar-refractivity contribution < 1.29 is 27.9 Å². The molecule has 35 heavy (non-hydrogen) atoms. The Hall–Kier alpha value is -3.88. The number of methoxy groups -OCH3 is 1. The predicted molar refractivity (Wildman–Crippen MR) is 128 cm³/mol. The molecule has 0 spiro atoms. The SMILES string of the molecule is COc1ccc2c(C)c(CCC(=O)OCC(=O)N3CCN(c4ccccc4F)CC3)c(=O)oc2c1. The lowest BCUT2D eigenvalue weighted by atomic mass is 10.0. The van der Waals surface area contributed by atoms with Crippen molar-refractivity contribution in [3.05, 3.63) is 69.8 Å². The molecule has 0 radical (unpaired) electrons. The fraction of sp³-hybridized carbons (Fsp3) is 0.346. The summed E-state index contributed by atoms with van der Waals surface area (Å²) in [6.45, 7) is 3.23. The summed E-state index contributed by atoms with van der Waals surface area (Å²) in [6, 6.07) is 11.8. The van der Waals surface area contributed by atoms with Crippen molar-refractivity contribution in [3.63, 3.8) is 0 Å². The average Bonchev–Trinajstić information content (AvgIpc) is 2.87. The van der Waals surface area contributed by atoms with Crippen molar-refractivity contribution in [2.24, 2.45) is 0 Å². The highest BCUT2D eigenvalue weighted by Gasteiger charge is 2.23. The van der Waals surface area contributed by atoms with Crippen LogP contribution in [0.25, 0.3) is 11.0 Å². The molecule has 8 nitrogen and oxygen atoms in total. The summed E-state index contributed by atoms with van der Waals surface area (Å²) in [7, 11) is 1.53. The van der Waals surface area contributed by atoms with Gasteiger partial charge in [0.25, 0.3) is 5.91 Å². The number of hydrogen-bond acceptors (Lipinski definition) is 7. The second kappa shape index (κ2) is 10.6. The van der Waals surface area contributed by atoms with Crippen molar-refractivity contribution in [1.82, 2.24) is 4.90 Å². The van der Waals surface area contributed by atoms with Crippen LogP contribution in [0.1, 0.15) is 17.5 Å². The van der Waals surface area contributed by atoms with Crippen LogP contribution in [-0.4, -0.2) is 56.7 Å². The minimum atomic E-state index is -0.572. The molecule has 4 rings (SSSR count). The summed E-state index contributed by atoms with van der Waals surface area (Å²) in [5.74, 6) is -0.592. The lowest BCUT2D eigenvalue weighted by molar-refractivity contribution is -0.152. The molecule has 0 atom stereocenters. The average molecular weight is 483 g/mol. The Morgan fingerprint density at radius 3 is 2.54 bits per heavy atom. The molecule has 9 heteroatoms. The number of amides is 1. The number of ether oxygens (including phenoxy) is 2. The molecule has 1 aliphatic heterocycles. The van der Waals surface area contributed by atoms with Gasteiger partial charge >= 0.3 is 11.6 Å². The van der Waals surface area contributed by atoms with E-state index >= 15 is 0 Å². The van der Waals surface area contributed by atoms with Crippen LogP contribution in [-0.2, 0) is 20.7 Å². The number of fused-ring (bicyclic) bond motifs is 1. The number of rotatable bonds is 7. The van der Waals surface area contributed by atoms with Crippen LogP contribution in [0.5, 0.6) is 5.75 Å². The smallest absolute Gasteiger partial charge is 0.339 e. The molecule has 0 aliphatic carbocycles. The van der Waals surface area contributed by atoms with E-state index < -0.39 is 11.6 Å². The minimum Gasteiger partial charge on any atom is -0.497 e. The lowest BCUT2D eigenvalue weighted by Gasteiger charge is -2.36. The Kier molecular flexibility index (Phi) is 7.33. The van der Waals surface area contributed by atoms with Gasteiger partial charge in [0.1, 0.15) is 17.1 Å². The molecular formula is C26H27FN2O6. The molecule has 3 aromatic rings. The monoisotopic (exact) mass is 482 g/mol. The summed E-state index contributed by atoms with van der Waals surface area (Å²) >= 11 is 0. The van der Waals surface area contributed by atoms with Crippen molar-refractivity contribution in [2.45, 2.75) is 19.8 Å². The highest BCUT2D eigenvalue weighted by atomic mass is 19.1. The van der Waals surface area contributed by atoms with Gasteiger partial charge in [-0.1, -0.05) is 12.1 Å². The third-order valence-electron chi connectivity index (χ3n) is 6.26. The van der Waals surface area contributed by atoms with Gasteiger partial charge in [-0.05, 0) is 43.2 Å². The van der Waals surface area contributed by atoms with Crippen molar-refractivity contribution in [2.75, 3.05) is 44.8 Å². The number of esters is 1. The molecule has 184 valence electrons. The van der Waals surface area contributed by atoms with E-state index in [4.69, 9.17) is 13.9 Å². The van der Waals surface area contributed by atoms with Crippen LogP contribution in [0.3, 0.4) is 0 Å². The maximum atomic E-state index is 14.0. The van der Waals surface area contributed by atoms with Gasteiger partial charge in [0.05, 0.1) is 12.8 Å². The van der Waals surface area contributed by atoms with Gasteiger partial charge in [-0.15, -0.1) is 0 Å². The number of halogens is 1. The van der Waals surface area contributed by atoms with Gasteiger partial charge in [-0.3, -0.25) is 9.59 Å². The fourth-order valence-corrected chi connectivity index (χ4v) is 4.23. The third kappa shape index (κ3) is 5.45. The van der Waals surface area contributed by atoms with Gasteiger partial charge in [-0.2, -0.15) is 0 Å². The van der Waals surface area contributed by atoms with E-state index in [0.29, 0.717) is 48.8 Å². The van der Waals surface area contributed by atoms with Crippen molar-refractivity contribution >= 4 is 28.5 Å². The normalized spacial score (nSPS) is 13.7. The number of anilines is 1. The van der Waals surface area contributed by atoms with Gasteiger partial charge < -0.3 is 23.7 Å². The first kappa shape index (κ1) is 24.3. The number of carbonyl (C=O) groups excluding carboxylic acids is 2. The molecule has 0 saturated carbocycles. The van der Waals surface area contributed by atoms with E-state index in [0.717, 1.165) is 10.9 Å².